The van der Waals surface area contributed by atoms with Crippen LogP contribution in [0, 0.1) is 0 Å². The van der Waals surface area contributed by atoms with Gasteiger partial charge in [0.2, 0.25) is 5.91 Å². The Morgan fingerprint density at radius 2 is 1.81 bits per heavy atom. The van der Waals surface area contributed by atoms with Crippen LogP contribution >= 0.6 is 11.6 Å². The van der Waals surface area contributed by atoms with Gasteiger partial charge in [-0.15, -0.1) is 0 Å². The molecule has 0 aliphatic carbocycles. The number of nitrogens with one attached hydrogen (secondary N) is 2. The molecule has 2 rings (SSSR count). The van der Waals surface area contributed by atoms with Gasteiger partial charge in [0.05, 0.1) is 0 Å². The van der Waals surface area contributed by atoms with Crippen LogP contribution in [-0.2, 0) is 11.3 Å². The van der Waals surface area contributed by atoms with Crippen molar-refractivity contribution in [3.05, 3.63) is 64.7 Å². The van der Waals surface area contributed by atoms with E-state index in [-0.39, 0.29) is 11.9 Å². The van der Waals surface area contributed by atoms with Crippen molar-refractivity contribution in [1.29, 1.82) is 0 Å². The molecule has 2 N–H and O–H groups in total. The molecule has 0 heterocycles. The third-order valence-electron chi connectivity index (χ3n) is 3.30. The van der Waals surface area contributed by atoms with Crippen molar-refractivity contribution in [2.45, 2.75) is 26.4 Å². The second-order valence-corrected chi connectivity index (χ2v) is 5.43. The molecule has 0 aliphatic rings. The molecular formula is C17H19ClN2O. The van der Waals surface area contributed by atoms with E-state index in [2.05, 4.69) is 17.6 Å². The molecule has 0 fully saturated rings. The molecule has 0 bridgehead atoms. The predicted octanol–water partition coefficient (Wildman–Crippen LogP) is 4.15. The lowest BCUT2D eigenvalue weighted by Crippen LogP contribution is -2.19. The van der Waals surface area contributed by atoms with Crippen molar-refractivity contribution < 1.29 is 4.79 Å². The molecule has 1 atom stereocenters. The van der Waals surface area contributed by atoms with Gasteiger partial charge < -0.3 is 10.6 Å². The molecule has 0 saturated heterocycles. The number of carbonyl (C=O) groups excluding carboxylic acids is 1. The van der Waals surface area contributed by atoms with Crippen molar-refractivity contribution in [3.63, 3.8) is 0 Å². The molecule has 0 aliphatic heterocycles. The van der Waals surface area contributed by atoms with Crippen molar-refractivity contribution in [3.8, 4) is 0 Å². The zero-order chi connectivity index (χ0) is 15.2. The highest BCUT2D eigenvalue weighted by atomic mass is 35.5. The number of hydrogen-bond acceptors (Lipinski definition) is 2. The lowest BCUT2D eigenvalue weighted by molar-refractivity contribution is -0.114. The number of carbonyl (C=O) groups is 1. The number of halogens is 1. The maximum Gasteiger partial charge on any atom is 0.221 e. The first-order valence-electron chi connectivity index (χ1n) is 6.90. The Labute approximate surface area is 130 Å². The SMILES string of the molecule is CC(=O)Nc1ccccc1CN[C@@H](C)c1ccc(Cl)cc1. The lowest BCUT2D eigenvalue weighted by atomic mass is 10.1. The summed E-state index contributed by atoms with van der Waals surface area (Å²) in [5, 5.41) is 7.04. The first-order chi connectivity index (χ1) is 10.1. The van der Waals surface area contributed by atoms with Gasteiger partial charge in [-0.3, -0.25) is 4.79 Å². The molecule has 0 unspecified atom stereocenters. The molecule has 0 saturated carbocycles. The van der Waals surface area contributed by atoms with Gasteiger partial charge in [-0.1, -0.05) is 41.9 Å². The molecule has 0 spiro atoms. The number of amides is 1. The van der Waals surface area contributed by atoms with Crippen LogP contribution in [0.25, 0.3) is 0 Å². The summed E-state index contributed by atoms with van der Waals surface area (Å²) in [6.45, 7) is 4.30. The smallest absolute Gasteiger partial charge is 0.221 e. The minimum atomic E-state index is -0.0619. The van der Waals surface area contributed by atoms with Crippen molar-refractivity contribution in [2.24, 2.45) is 0 Å². The summed E-state index contributed by atoms with van der Waals surface area (Å²) in [5.41, 5.74) is 3.09. The summed E-state index contributed by atoms with van der Waals surface area (Å²) in [7, 11) is 0. The standard InChI is InChI=1S/C17H19ClN2O/c1-12(14-7-9-16(18)10-8-14)19-11-15-5-3-4-6-17(15)20-13(2)21/h3-10,12,19H,11H2,1-2H3,(H,20,21)/t12-/m0/s1. The third-order valence-corrected chi connectivity index (χ3v) is 3.55. The van der Waals surface area contributed by atoms with E-state index in [0.29, 0.717) is 6.54 Å². The second-order valence-electron chi connectivity index (χ2n) is 4.99. The molecule has 2 aromatic carbocycles. The Morgan fingerprint density at radius 1 is 1.14 bits per heavy atom. The molecule has 21 heavy (non-hydrogen) atoms. The van der Waals surface area contributed by atoms with Crippen molar-refractivity contribution >= 4 is 23.2 Å². The van der Waals surface area contributed by atoms with Crippen LogP contribution in [0.1, 0.15) is 31.0 Å². The average Bonchev–Trinajstić information content (AvgIpc) is 2.46. The molecule has 3 nitrogen and oxygen atoms in total. The van der Waals surface area contributed by atoms with E-state index >= 15 is 0 Å². The molecule has 2 aromatic rings. The normalized spacial score (nSPS) is 12.0. The molecule has 0 aromatic heterocycles. The summed E-state index contributed by atoms with van der Waals surface area (Å²) in [5.74, 6) is -0.0619. The van der Waals surface area contributed by atoms with Gasteiger partial charge >= 0.3 is 0 Å². The van der Waals surface area contributed by atoms with E-state index in [1.54, 1.807) is 0 Å². The molecule has 4 heteroatoms. The zero-order valence-electron chi connectivity index (χ0n) is 12.2. The van der Waals surface area contributed by atoms with Gasteiger partial charge in [-0.05, 0) is 36.2 Å². The van der Waals surface area contributed by atoms with E-state index in [4.69, 9.17) is 11.6 Å². The number of benzene rings is 2. The van der Waals surface area contributed by atoms with Crippen LogP contribution < -0.4 is 10.6 Å². The topological polar surface area (TPSA) is 41.1 Å². The zero-order valence-corrected chi connectivity index (χ0v) is 12.9. The van der Waals surface area contributed by atoms with Crippen LogP contribution in [0.3, 0.4) is 0 Å². The van der Waals surface area contributed by atoms with E-state index < -0.39 is 0 Å². The Hall–Kier alpha value is -1.84. The van der Waals surface area contributed by atoms with E-state index in [0.717, 1.165) is 16.3 Å². The highest BCUT2D eigenvalue weighted by Gasteiger charge is 2.07. The average molecular weight is 303 g/mol. The van der Waals surface area contributed by atoms with Crippen LogP contribution in [0.15, 0.2) is 48.5 Å². The fourth-order valence-corrected chi connectivity index (χ4v) is 2.24. The van der Waals surface area contributed by atoms with Crippen LogP contribution in [0.2, 0.25) is 5.02 Å². The minimum Gasteiger partial charge on any atom is -0.326 e. The van der Waals surface area contributed by atoms with Crippen LogP contribution in [0.5, 0.6) is 0 Å². The van der Waals surface area contributed by atoms with Gasteiger partial charge in [-0.2, -0.15) is 0 Å². The van der Waals surface area contributed by atoms with Crippen LogP contribution in [0.4, 0.5) is 5.69 Å². The predicted molar refractivity (Wildman–Crippen MR) is 87.5 cm³/mol. The summed E-state index contributed by atoms with van der Waals surface area (Å²) in [6, 6.07) is 15.8. The fraction of sp³-hybridized carbons (Fsp3) is 0.235. The highest BCUT2D eigenvalue weighted by Crippen LogP contribution is 2.19. The summed E-state index contributed by atoms with van der Waals surface area (Å²) >= 11 is 5.90. The van der Waals surface area contributed by atoms with Gasteiger partial charge in [0.1, 0.15) is 0 Å². The van der Waals surface area contributed by atoms with Crippen LogP contribution in [-0.4, -0.2) is 5.91 Å². The summed E-state index contributed by atoms with van der Waals surface area (Å²) in [4.78, 5) is 11.2. The number of hydrogen-bond donors (Lipinski definition) is 2. The fourth-order valence-electron chi connectivity index (χ4n) is 2.12. The van der Waals surface area contributed by atoms with Crippen molar-refractivity contribution in [2.75, 3.05) is 5.32 Å². The van der Waals surface area contributed by atoms with E-state index in [1.807, 2.05) is 48.5 Å². The Bertz CT molecular complexity index is 610. The maximum absolute atomic E-state index is 11.2. The summed E-state index contributed by atoms with van der Waals surface area (Å²) < 4.78 is 0. The summed E-state index contributed by atoms with van der Waals surface area (Å²) in [6.07, 6.45) is 0. The molecule has 110 valence electrons. The second kappa shape index (κ2) is 7.25. The molecular weight excluding hydrogens is 284 g/mol. The monoisotopic (exact) mass is 302 g/mol. The maximum atomic E-state index is 11.2. The van der Waals surface area contributed by atoms with E-state index in [1.165, 1.54) is 12.5 Å². The minimum absolute atomic E-state index is 0.0619. The number of para-hydroxylation sites is 1. The molecule has 1 amide bonds. The van der Waals surface area contributed by atoms with E-state index in [9.17, 15) is 4.79 Å². The Balaban J connectivity index is 2.02. The Kier molecular flexibility index (Phi) is 5.37. The molecule has 0 radical (unpaired) electrons. The highest BCUT2D eigenvalue weighted by molar-refractivity contribution is 6.30. The van der Waals surface area contributed by atoms with Gasteiger partial charge in [-0.25, -0.2) is 0 Å². The quantitative estimate of drug-likeness (QED) is 0.871. The van der Waals surface area contributed by atoms with Gasteiger partial charge in [0, 0.05) is 30.2 Å². The first kappa shape index (κ1) is 15.5. The van der Waals surface area contributed by atoms with Gasteiger partial charge in [0.15, 0.2) is 0 Å². The van der Waals surface area contributed by atoms with Gasteiger partial charge in [0.25, 0.3) is 0 Å². The number of rotatable bonds is 5. The largest absolute Gasteiger partial charge is 0.326 e. The third kappa shape index (κ3) is 4.59. The number of anilines is 1. The first-order valence-corrected chi connectivity index (χ1v) is 7.28. The lowest BCUT2D eigenvalue weighted by Gasteiger charge is -2.16. The van der Waals surface area contributed by atoms with Crippen molar-refractivity contribution in [1.82, 2.24) is 5.32 Å². The Morgan fingerprint density at radius 3 is 2.48 bits per heavy atom.